The monoisotopic (exact) mass is 251 g/mol. The molecule has 2 N–H and O–H groups in total. The van der Waals surface area contributed by atoms with Crippen molar-refractivity contribution in [3.05, 3.63) is 28.8 Å². The minimum atomic E-state index is -4.33. The Kier molecular flexibility index (Phi) is 3.80. The molecular weight excluding hydrogens is 243 g/mol. The lowest BCUT2D eigenvalue weighted by Crippen LogP contribution is -2.11. The number of Topliss-reactive ketones (excluding diaryl/α,β-unsaturated/α-hetero) is 1. The highest BCUT2D eigenvalue weighted by Gasteiger charge is 2.28. The zero-order chi connectivity index (χ0) is 12.3. The number of hydrogen-bond donors (Lipinski definition) is 1. The zero-order valence-corrected chi connectivity index (χ0v) is 8.90. The molecule has 0 aliphatic carbocycles. The first-order valence-electron chi connectivity index (χ1n) is 4.44. The second-order valence-corrected chi connectivity index (χ2v) is 3.68. The van der Waals surface area contributed by atoms with Gasteiger partial charge >= 0.3 is 6.18 Å². The van der Waals surface area contributed by atoms with E-state index >= 15 is 0 Å². The van der Waals surface area contributed by atoms with Crippen molar-refractivity contribution in [1.29, 1.82) is 0 Å². The molecule has 0 aliphatic heterocycles. The molecule has 0 radical (unpaired) electrons. The third-order valence-corrected chi connectivity index (χ3v) is 2.29. The Hall–Kier alpha value is -1.23. The van der Waals surface area contributed by atoms with Gasteiger partial charge in [0.25, 0.3) is 0 Å². The van der Waals surface area contributed by atoms with Crippen LogP contribution in [0.4, 0.5) is 18.9 Å². The zero-order valence-electron chi connectivity index (χ0n) is 8.14. The highest BCUT2D eigenvalue weighted by Crippen LogP contribution is 2.24. The largest absolute Gasteiger partial charge is 0.398 e. The number of rotatable bonds is 3. The Morgan fingerprint density at radius 1 is 1.38 bits per heavy atom. The van der Waals surface area contributed by atoms with E-state index in [1.165, 1.54) is 18.2 Å². The van der Waals surface area contributed by atoms with Crippen LogP contribution < -0.4 is 5.73 Å². The van der Waals surface area contributed by atoms with Gasteiger partial charge in [0.1, 0.15) is 0 Å². The number of benzene rings is 1. The van der Waals surface area contributed by atoms with Gasteiger partial charge in [-0.3, -0.25) is 4.79 Å². The van der Waals surface area contributed by atoms with E-state index < -0.39 is 24.8 Å². The number of ketones is 1. The Bertz CT molecular complexity index is 404. The van der Waals surface area contributed by atoms with Gasteiger partial charge in [-0.1, -0.05) is 11.6 Å². The molecule has 88 valence electrons. The second-order valence-electron chi connectivity index (χ2n) is 3.27. The maximum atomic E-state index is 11.9. The molecule has 0 saturated carbocycles. The van der Waals surface area contributed by atoms with Crippen LogP contribution in [-0.4, -0.2) is 12.0 Å². The van der Waals surface area contributed by atoms with Crippen molar-refractivity contribution in [3.8, 4) is 0 Å². The van der Waals surface area contributed by atoms with Crippen LogP contribution in [0.2, 0.25) is 5.02 Å². The average molecular weight is 252 g/mol. The Balaban J connectivity index is 2.70. The highest BCUT2D eigenvalue weighted by atomic mass is 35.5. The normalized spacial score (nSPS) is 11.5. The van der Waals surface area contributed by atoms with E-state index in [1.54, 1.807) is 0 Å². The van der Waals surface area contributed by atoms with Crippen LogP contribution in [0.1, 0.15) is 23.2 Å². The van der Waals surface area contributed by atoms with Crippen molar-refractivity contribution in [1.82, 2.24) is 0 Å². The number of hydrogen-bond acceptors (Lipinski definition) is 2. The fraction of sp³-hybridized carbons (Fsp3) is 0.300. The molecule has 1 rings (SSSR count). The summed E-state index contributed by atoms with van der Waals surface area (Å²) in [5.74, 6) is -0.598. The van der Waals surface area contributed by atoms with Crippen LogP contribution in [0.25, 0.3) is 0 Å². The molecule has 0 heterocycles. The van der Waals surface area contributed by atoms with Crippen molar-refractivity contribution < 1.29 is 18.0 Å². The van der Waals surface area contributed by atoms with Gasteiger partial charge in [-0.25, -0.2) is 0 Å². The fourth-order valence-corrected chi connectivity index (χ4v) is 1.28. The summed E-state index contributed by atoms with van der Waals surface area (Å²) in [7, 11) is 0. The number of alkyl halides is 3. The molecule has 0 spiro atoms. The van der Waals surface area contributed by atoms with Gasteiger partial charge < -0.3 is 5.73 Å². The average Bonchev–Trinajstić information content (AvgIpc) is 2.17. The van der Waals surface area contributed by atoms with Gasteiger partial charge in [0, 0.05) is 12.0 Å². The van der Waals surface area contributed by atoms with Crippen molar-refractivity contribution in [2.75, 3.05) is 5.73 Å². The summed E-state index contributed by atoms with van der Waals surface area (Å²) in [6.45, 7) is 0. The van der Waals surface area contributed by atoms with Gasteiger partial charge in [-0.15, -0.1) is 0 Å². The van der Waals surface area contributed by atoms with Crippen molar-refractivity contribution in [3.63, 3.8) is 0 Å². The predicted molar refractivity (Wildman–Crippen MR) is 55.5 cm³/mol. The first kappa shape index (κ1) is 12.8. The van der Waals surface area contributed by atoms with Crippen LogP contribution in [0.15, 0.2) is 18.2 Å². The van der Waals surface area contributed by atoms with Crippen molar-refractivity contribution in [2.45, 2.75) is 19.0 Å². The summed E-state index contributed by atoms with van der Waals surface area (Å²) < 4.78 is 35.6. The smallest absolute Gasteiger partial charge is 0.389 e. The van der Waals surface area contributed by atoms with Crippen molar-refractivity contribution >= 4 is 23.1 Å². The second kappa shape index (κ2) is 4.74. The molecule has 0 atom stereocenters. The van der Waals surface area contributed by atoms with E-state index in [0.29, 0.717) is 0 Å². The van der Waals surface area contributed by atoms with Crippen molar-refractivity contribution in [2.24, 2.45) is 0 Å². The van der Waals surface area contributed by atoms with Crippen LogP contribution in [-0.2, 0) is 0 Å². The standard InChI is InChI=1S/C10H9ClF3NO/c11-7-5-6(1-2-8(7)15)9(16)3-4-10(12,13)14/h1-2,5H,3-4,15H2. The Morgan fingerprint density at radius 2 is 2.00 bits per heavy atom. The summed E-state index contributed by atoms with van der Waals surface area (Å²) >= 11 is 5.65. The molecular formula is C10H9ClF3NO. The van der Waals surface area contributed by atoms with Gasteiger partial charge in [0.05, 0.1) is 17.1 Å². The Labute approximate surface area is 95.2 Å². The maximum Gasteiger partial charge on any atom is 0.389 e. The van der Waals surface area contributed by atoms with E-state index in [4.69, 9.17) is 17.3 Å². The minimum absolute atomic E-state index is 0.142. The molecule has 16 heavy (non-hydrogen) atoms. The third kappa shape index (κ3) is 3.73. The van der Waals surface area contributed by atoms with E-state index in [9.17, 15) is 18.0 Å². The summed E-state index contributed by atoms with van der Waals surface area (Å²) in [6, 6.07) is 4.03. The molecule has 0 amide bonds. The van der Waals surface area contributed by atoms with Gasteiger partial charge in [-0.2, -0.15) is 13.2 Å². The summed E-state index contributed by atoms with van der Waals surface area (Å²) in [6.07, 6.45) is -6.04. The molecule has 0 unspecified atom stereocenters. The van der Waals surface area contributed by atoms with E-state index in [1.807, 2.05) is 0 Å². The van der Waals surface area contributed by atoms with Gasteiger partial charge in [0.2, 0.25) is 0 Å². The van der Waals surface area contributed by atoms with E-state index in [2.05, 4.69) is 0 Å². The van der Waals surface area contributed by atoms with Crippen LogP contribution in [0.3, 0.4) is 0 Å². The molecule has 0 fully saturated rings. The van der Waals surface area contributed by atoms with Gasteiger partial charge in [-0.05, 0) is 18.2 Å². The first-order valence-corrected chi connectivity index (χ1v) is 4.82. The minimum Gasteiger partial charge on any atom is -0.398 e. The SMILES string of the molecule is Nc1ccc(C(=O)CCC(F)(F)F)cc1Cl. The molecule has 0 aromatic heterocycles. The molecule has 6 heteroatoms. The van der Waals surface area contributed by atoms with E-state index in [0.717, 1.165) is 0 Å². The number of nitrogens with two attached hydrogens (primary N) is 1. The topological polar surface area (TPSA) is 43.1 Å². The lowest BCUT2D eigenvalue weighted by Gasteiger charge is -2.06. The first-order chi connectivity index (χ1) is 7.29. The van der Waals surface area contributed by atoms with Crippen LogP contribution in [0, 0.1) is 0 Å². The third-order valence-electron chi connectivity index (χ3n) is 1.96. The quantitative estimate of drug-likeness (QED) is 0.660. The Morgan fingerprint density at radius 3 is 2.50 bits per heavy atom. The van der Waals surface area contributed by atoms with Crippen LogP contribution >= 0.6 is 11.6 Å². The summed E-state index contributed by atoms with van der Waals surface area (Å²) in [4.78, 5) is 11.4. The number of carbonyl (C=O) groups excluding carboxylic acids is 1. The molecule has 0 aliphatic rings. The number of anilines is 1. The summed E-state index contributed by atoms with van der Waals surface area (Å²) in [5, 5.41) is 0.165. The molecule has 1 aromatic carbocycles. The van der Waals surface area contributed by atoms with Crippen LogP contribution in [0.5, 0.6) is 0 Å². The molecule has 2 nitrogen and oxygen atoms in total. The lowest BCUT2D eigenvalue weighted by atomic mass is 10.1. The predicted octanol–water partition coefficient (Wildman–Crippen LogP) is 3.45. The highest BCUT2D eigenvalue weighted by molar-refractivity contribution is 6.33. The number of halogens is 4. The maximum absolute atomic E-state index is 11.9. The number of nitrogen functional groups attached to an aromatic ring is 1. The fourth-order valence-electron chi connectivity index (χ4n) is 1.10. The molecule has 0 saturated heterocycles. The summed E-state index contributed by atoms with van der Waals surface area (Å²) in [5.41, 5.74) is 5.84. The molecule has 1 aromatic rings. The van der Waals surface area contributed by atoms with Gasteiger partial charge in [0.15, 0.2) is 5.78 Å². The lowest BCUT2D eigenvalue weighted by molar-refractivity contribution is -0.133. The van der Waals surface area contributed by atoms with E-state index in [-0.39, 0.29) is 16.3 Å². The number of carbonyl (C=O) groups is 1. The molecule has 0 bridgehead atoms.